The summed E-state index contributed by atoms with van der Waals surface area (Å²) in [5, 5.41) is 4.79. The number of anilines is 1. The number of hydrogen-bond acceptors (Lipinski definition) is 4. The highest BCUT2D eigenvalue weighted by Gasteiger charge is 2.07. The van der Waals surface area contributed by atoms with Crippen LogP contribution >= 0.6 is 11.3 Å². The van der Waals surface area contributed by atoms with Crippen LogP contribution in [0.1, 0.15) is 10.4 Å². The van der Waals surface area contributed by atoms with Crippen LogP contribution in [-0.4, -0.2) is 20.1 Å². The number of hydrogen-bond donors (Lipinski definition) is 1. The van der Waals surface area contributed by atoms with E-state index in [1.165, 1.54) is 6.08 Å². The fraction of sp³-hybridized carbons (Fsp3) is 0.188. The minimum absolute atomic E-state index is 0.203. The average Bonchev–Trinajstić information content (AvgIpc) is 2.91. The second-order valence-corrected chi connectivity index (χ2v) is 5.30. The Kier molecular flexibility index (Phi) is 5.00. The van der Waals surface area contributed by atoms with Gasteiger partial charge in [-0.2, -0.15) is 0 Å². The van der Waals surface area contributed by atoms with E-state index in [0.29, 0.717) is 17.2 Å². The first-order chi connectivity index (χ1) is 10.1. The second kappa shape index (κ2) is 6.95. The molecule has 0 unspecified atom stereocenters. The number of aryl methyl sites for hydroxylation is 1. The van der Waals surface area contributed by atoms with Gasteiger partial charge in [0.25, 0.3) is 0 Å². The number of ether oxygens (including phenoxy) is 2. The topological polar surface area (TPSA) is 47.6 Å². The highest BCUT2D eigenvalue weighted by Crippen LogP contribution is 2.29. The summed E-state index contributed by atoms with van der Waals surface area (Å²) < 4.78 is 10.4. The SMILES string of the molecule is COc1ccc(NC(=O)C=Cc2sccc2C)c(OC)c1. The van der Waals surface area contributed by atoms with Gasteiger partial charge in [0.05, 0.1) is 19.9 Å². The summed E-state index contributed by atoms with van der Waals surface area (Å²) in [6.45, 7) is 2.01. The molecule has 0 aliphatic rings. The first-order valence-corrected chi connectivity index (χ1v) is 7.27. The molecule has 1 aromatic heterocycles. The van der Waals surface area contributed by atoms with Gasteiger partial charge in [0.2, 0.25) is 5.91 Å². The molecule has 0 bridgehead atoms. The van der Waals surface area contributed by atoms with Crippen molar-refractivity contribution in [3.8, 4) is 11.5 Å². The first kappa shape index (κ1) is 15.1. The molecule has 0 atom stereocenters. The van der Waals surface area contributed by atoms with Crippen molar-refractivity contribution < 1.29 is 14.3 Å². The molecule has 0 aliphatic carbocycles. The number of thiophene rings is 1. The maximum atomic E-state index is 12.0. The number of nitrogens with one attached hydrogen (secondary N) is 1. The van der Waals surface area contributed by atoms with E-state index in [4.69, 9.17) is 9.47 Å². The molecule has 110 valence electrons. The lowest BCUT2D eigenvalue weighted by molar-refractivity contribution is -0.111. The van der Waals surface area contributed by atoms with E-state index in [9.17, 15) is 4.79 Å². The maximum Gasteiger partial charge on any atom is 0.248 e. The quantitative estimate of drug-likeness (QED) is 0.856. The van der Waals surface area contributed by atoms with Gasteiger partial charge in [0.1, 0.15) is 11.5 Å². The van der Waals surface area contributed by atoms with E-state index >= 15 is 0 Å². The highest BCUT2D eigenvalue weighted by atomic mass is 32.1. The summed E-state index contributed by atoms with van der Waals surface area (Å²) in [6, 6.07) is 7.27. The zero-order chi connectivity index (χ0) is 15.2. The van der Waals surface area contributed by atoms with Gasteiger partial charge < -0.3 is 14.8 Å². The fourth-order valence-electron chi connectivity index (χ4n) is 1.78. The molecule has 5 heteroatoms. The number of benzene rings is 1. The molecule has 0 spiro atoms. The van der Waals surface area contributed by atoms with E-state index in [1.807, 2.05) is 24.4 Å². The summed E-state index contributed by atoms with van der Waals surface area (Å²) in [5.74, 6) is 1.03. The van der Waals surface area contributed by atoms with Gasteiger partial charge in [-0.1, -0.05) is 0 Å². The van der Waals surface area contributed by atoms with Crippen LogP contribution in [0.5, 0.6) is 11.5 Å². The van der Waals surface area contributed by atoms with Crippen LogP contribution < -0.4 is 14.8 Å². The van der Waals surface area contributed by atoms with Crippen LogP contribution in [0.15, 0.2) is 35.7 Å². The molecule has 1 amide bonds. The lowest BCUT2D eigenvalue weighted by Crippen LogP contribution is -2.08. The van der Waals surface area contributed by atoms with Crippen molar-refractivity contribution in [2.24, 2.45) is 0 Å². The first-order valence-electron chi connectivity index (χ1n) is 6.39. The Morgan fingerprint density at radius 1 is 1.24 bits per heavy atom. The van der Waals surface area contributed by atoms with Crippen molar-refractivity contribution >= 4 is 29.0 Å². The number of amides is 1. The van der Waals surface area contributed by atoms with Gasteiger partial charge in [0.15, 0.2) is 0 Å². The molecule has 1 N–H and O–H groups in total. The van der Waals surface area contributed by atoms with Crippen LogP contribution in [0, 0.1) is 6.92 Å². The van der Waals surface area contributed by atoms with Crippen LogP contribution in [0.2, 0.25) is 0 Å². The van der Waals surface area contributed by atoms with Crippen molar-refractivity contribution in [3.63, 3.8) is 0 Å². The molecular formula is C16H17NO3S. The van der Waals surface area contributed by atoms with E-state index in [-0.39, 0.29) is 5.91 Å². The number of carbonyl (C=O) groups excluding carboxylic acids is 1. The Balaban J connectivity index is 2.09. The van der Waals surface area contributed by atoms with E-state index in [2.05, 4.69) is 5.32 Å². The standard InChI is InChI=1S/C16H17NO3S/c1-11-8-9-21-15(11)6-7-16(18)17-13-5-4-12(19-2)10-14(13)20-3/h4-10H,1-3H3,(H,17,18). The Hall–Kier alpha value is -2.27. The molecule has 0 radical (unpaired) electrons. The Morgan fingerprint density at radius 2 is 2.05 bits per heavy atom. The molecular weight excluding hydrogens is 286 g/mol. The van der Waals surface area contributed by atoms with Crippen molar-refractivity contribution in [1.82, 2.24) is 0 Å². The van der Waals surface area contributed by atoms with Crippen LogP contribution in [0.4, 0.5) is 5.69 Å². The largest absolute Gasteiger partial charge is 0.497 e. The monoisotopic (exact) mass is 303 g/mol. The van der Waals surface area contributed by atoms with E-state index in [0.717, 1.165) is 10.4 Å². The predicted octanol–water partition coefficient (Wildman–Crippen LogP) is 3.73. The summed E-state index contributed by atoms with van der Waals surface area (Å²) in [7, 11) is 3.13. The predicted molar refractivity (Wildman–Crippen MR) is 86.3 cm³/mol. The normalized spacial score (nSPS) is 10.6. The Morgan fingerprint density at radius 3 is 2.67 bits per heavy atom. The lowest BCUT2D eigenvalue weighted by atomic mass is 10.2. The molecule has 0 fully saturated rings. The molecule has 0 aliphatic heterocycles. The minimum Gasteiger partial charge on any atom is -0.497 e. The summed E-state index contributed by atoms with van der Waals surface area (Å²) in [4.78, 5) is 13.0. The molecule has 4 nitrogen and oxygen atoms in total. The van der Waals surface area contributed by atoms with Crippen LogP contribution in [-0.2, 0) is 4.79 Å². The second-order valence-electron chi connectivity index (χ2n) is 4.36. The third kappa shape index (κ3) is 3.86. The van der Waals surface area contributed by atoms with Gasteiger partial charge in [-0.25, -0.2) is 0 Å². The molecule has 21 heavy (non-hydrogen) atoms. The third-order valence-electron chi connectivity index (χ3n) is 2.95. The highest BCUT2D eigenvalue weighted by molar-refractivity contribution is 7.11. The van der Waals surface area contributed by atoms with Gasteiger partial charge in [0, 0.05) is 17.0 Å². The van der Waals surface area contributed by atoms with Crippen LogP contribution in [0.3, 0.4) is 0 Å². The smallest absolute Gasteiger partial charge is 0.248 e. The minimum atomic E-state index is -0.203. The molecule has 1 heterocycles. The zero-order valence-electron chi connectivity index (χ0n) is 12.2. The van der Waals surface area contributed by atoms with Crippen molar-refractivity contribution in [1.29, 1.82) is 0 Å². The summed E-state index contributed by atoms with van der Waals surface area (Å²) in [6.07, 6.45) is 3.33. The molecule has 0 saturated heterocycles. The number of rotatable bonds is 5. The summed E-state index contributed by atoms with van der Waals surface area (Å²) >= 11 is 1.60. The molecule has 1 aromatic carbocycles. The van der Waals surface area contributed by atoms with Gasteiger partial charge in [-0.15, -0.1) is 11.3 Å². The third-order valence-corrected chi connectivity index (χ3v) is 3.94. The average molecular weight is 303 g/mol. The van der Waals surface area contributed by atoms with Gasteiger partial charge >= 0.3 is 0 Å². The van der Waals surface area contributed by atoms with E-state index < -0.39 is 0 Å². The van der Waals surface area contributed by atoms with Gasteiger partial charge in [-0.3, -0.25) is 4.79 Å². The molecule has 2 aromatic rings. The van der Waals surface area contributed by atoms with E-state index in [1.54, 1.807) is 43.8 Å². The van der Waals surface area contributed by atoms with Crippen molar-refractivity contribution in [3.05, 3.63) is 46.2 Å². The number of methoxy groups -OCH3 is 2. The zero-order valence-corrected chi connectivity index (χ0v) is 13.0. The maximum absolute atomic E-state index is 12.0. The number of carbonyl (C=O) groups is 1. The fourth-order valence-corrected chi connectivity index (χ4v) is 2.60. The van der Waals surface area contributed by atoms with Gasteiger partial charge in [-0.05, 0) is 42.1 Å². The molecule has 2 rings (SSSR count). The summed E-state index contributed by atoms with van der Waals surface area (Å²) in [5.41, 5.74) is 1.77. The van der Waals surface area contributed by atoms with Crippen molar-refractivity contribution in [2.45, 2.75) is 6.92 Å². The Bertz CT molecular complexity index is 661. The van der Waals surface area contributed by atoms with Crippen molar-refractivity contribution in [2.75, 3.05) is 19.5 Å². The van der Waals surface area contributed by atoms with Crippen LogP contribution in [0.25, 0.3) is 6.08 Å². The Labute approximate surface area is 128 Å². The lowest BCUT2D eigenvalue weighted by Gasteiger charge is -2.10. The molecule has 0 saturated carbocycles.